The first-order valence-corrected chi connectivity index (χ1v) is 7.50. The van der Waals surface area contributed by atoms with Crippen LogP contribution in [0, 0.1) is 5.41 Å². The maximum atomic E-state index is 10.6. The van der Waals surface area contributed by atoms with Gasteiger partial charge in [0.1, 0.15) is 0 Å². The summed E-state index contributed by atoms with van der Waals surface area (Å²) in [5.74, 6) is 0. The van der Waals surface area contributed by atoms with Crippen molar-refractivity contribution < 1.29 is 5.11 Å². The van der Waals surface area contributed by atoms with Gasteiger partial charge in [0.2, 0.25) is 0 Å². The fraction of sp³-hybridized carbons (Fsp3) is 0.714. The molecule has 1 unspecified atom stereocenters. The summed E-state index contributed by atoms with van der Waals surface area (Å²) in [6, 6.07) is 4.22. The number of nitrogens with two attached hydrogens (primary N) is 1. The zero-order valence-electron chi connectivity index (χ0n) is 10.6. The normalized spacial score (nSPS) is 21.4. The SMILES string of the molecule is CCc1ccc(C(O)C2(CN)CCCCC2)s1. The van der Waals surface area contributed by atoms with Crippen LogP contribution >= 0.6 is 11.3 Å². The number of hydrogen-bond acceptors (Lipinski definition) is 3. The number of hydrogen-bond donors (Lipinski definition) is 2. The lowest BCUT2D eigenvalue weighted by atomic mass is 9.70. The Morgan fingerprint density at radius 2 is 2.06 bits per heavy atom. The second-order valence-corrected chi connectivity index (χ2v) is 6.39. The Labute approximate surface area is 108 Å². The van der Waals surface area contributed by atoms with Crippen molar-refractivity contribution in [3.63, 3.8) is 0 Å². The van der Waals surface area contributed by atoms with E-state index in [0.29, 0.717) is 6.54 Å². The highest BCUT2D eigenvalue weighted by Crippen LogP contribution is 2.46. The molecule has 0 spiro atoms. The Hall–Kier alpha value is -0.380. The summed E-state index contributed by atoms with van der Waals surface area (Å²) < 4.78 is 0. The Morgan fingerprint density at radius 3 is 2.59 bits per heavy atom. The quantitative estimate of drug-likeness (QED) is 0.865. The molecule has 2 rings (SSSR count). The van der Waals surface area contributed by atoms with Gasteiger partial charge in [0, 0.05) is 21.7 Å². The number of aliphatic hydroxyl groups is 1. The van der Waals surface area contributed by atoms with E-state index in [1.165, 1.54) is 24.1 Å². The third kappa shape index (κ3) is 2.56. The lowest BCUT2D eigenvalue weighted by molar-refractivity contribution is 0.00312. The van der Waals surface area contributed by atoms with Crippen LogP contribution < -0.4 is 5.73 Å². The lowest BCUT2D eigenvalue weighted by Gasteiger charge is -2.39. The van der Waals surface area contributed by atoms with Crippen LogP contribution in [0.3, 0.4) is 0 Å². The minimum Gasteiger partial charge on any atom is -0.387 e. The molecule has 1 fully saturated rings. The first-order chi connectivity index (χ1) is 8.22. The fourth-order valence-corrected chi connectivity index (χ4v) is 3.96. The molecule has 3 heteroatoms. The molecular weight excluding hydrogens is 230 g/mol. The van der Waals surface area contributed by atoms with E-state index in [1.807, 2.05) is 0 Å². The van der Waals surface area contributed by atoms with Crippen LogP contribution in [-0.2, 0) is 6.42 Å². The molecule has 1 aliphatic rings. The molecule has 17 heavy (non-hydrogen) atoms. The smallest absolute Gasteiger partial charge is 0.0950 e. The summed E-state index contributed by atoms with van der Waals surface area (Å²) in [7, 11) is 0. The summed E-state index contributed by atoms with van der Waals surface area (Å²) in [6.45, 7) is 2.76. The zero-order valence-corrected chi connectivity index (χ0v) is 11.4. The van der Waals surface area contributed by atoms with Gasteiger partial charge in [-0.25, -0.2) is 0 Å². The third-order valence-corrected chi connectivity index (χ3v) is 5.42. The molecule has 1 heterocycles. The van der Waals surface area contributed by atoms with Crippen LogP contribution in [0.1, 0.15) is 54.9 Å². The minimum atomic E-state index is -0.363. The Morgan fingerprint density at radius 1 is 1.35 bits per heavy atom. The van der Waals surface area contributed by atoms with E-state index in [9.17, 15) is 5.11 Å². The average molecular weight is 253 g/mol. The first-order valence-electron chi connectivity index (χ1n) is 6.68. The van der Waals surface area contributed by atoms with E-state index >= 15 is 0 Å². The van der Waals surface area contributed by atoms with E-state index in [-0.39, 0.29) is 11.5 Å². The van der Waals surface area contributed by atoms with Crippen LogP contribution in [0.5, 0.6) is 0 Å². The topological polar surface area (TPSA) is 46.2 Å². The summed E-state index contributed by atoms with van der Waals surface area (Å²) in [5, 5.41) is 10.6. The lowest BCUT2D eigenvalue weighted by Crippen LogP contribution is -2.38. The maximum Gasteiger partial charge on any atom is 0.0950 e. The molecule has 0 amide bonds. The van der Waals surface area contributed by atoms with Crippen molar-refractivity contribution in [3.8, 4) is 0 Å². The number of thiophene rings is 1. The van der Waals surface area contributed by atoms with E-state index in [1.54, 1.807) is 11.3 Å². The van der Waals surface area contributed by atoms with E-state index < -0.39 is 0 Å². The first kappa shape index (κ1) is 13.1. The van der Waals surface area contributed by atoms with Crippen molar-refractivity contribution in [3.05, 3.63) is 21.9 Å². The van der Waals surface area contributed by atoms with Crippen LogP contribution in [0.4, 0.5) is 0 Å². The standard InChI is InChI=1S/C14H23NOS/c1-2-11-6-7-12(17-11)13(16)14(10-15)8-4-3-5-9-14/h6-7,13,16H,2-5,8-10,15H2,1H3. The van der Waals surface area contributed by atoms with Gasteiger partial charge >= 0.3 is 0 Å². The van der Waals surface area contributed by atoms with Gasteiger partial charge in [0.05, 0.1) is 6.10 Å². The summed E-state index contributed by atoms with van der Waals surface area (Å²) in [6.07, 6.45) is 6.54. The Bertz CT molecular complexity index is 355. The minimum absolute atomic E-state index is 0.0614. The summed E-state index contributed by atoms with van der Waals surface area (Å²) >= 11 is 1.74. The predicted octanol–water partition coefficient (Wildman–Crippen LogP) is 3.25. The predicted molar refractivity (Wildman–Crippen MR) is 73.2 cm³/mol. The average Bonchev–Trinajstić information content (AvgIpc) is 2.87. The Balaban J connectivity index is 2.18. The summed E-state index contributed by atoms with van der Waals surface area (Å²) in [5.41, 5.74) is 5.90. The highest BCUT2D eigenvalue weighted by Gasteiger charge is 2.39. The third-order valence-electron chi connectivity index (χ3n) is 4.14. The van der Waals surface area contributed by atoms with Gasteiger partial charge in [-0.05, 0) is 31.4 Å². The van der Waals surface area contributed by atoms with Crippen molar-refractivity contribution in [1.29, 1.82) is 0 Å². The fourth-order valence-electron chi connectivity index (χ4n) is 2.88. The van der Waals surface area contributed by atoms with Gasteiger partial charge in [-0.2, -0.15) is 0 Å². The van der Waals surface area contributed by atoms with Gasteiger partial charge < -0.3 is 10.8 Å². The van der Waals surface area contributed by atoms with Gasteiger partial charge in [0.15, 0.2) is 0 Å². The second-order valence-electron chi connectivity index (χ2n) is 5.19. The summed E-state index contributed by atoms with van der Waals surface area (Å²) in [4.78, 5) is 2.45. The molecule has 0 saturated heterocycles. The van der Waals surface area contributed by atoms with E-state index in [4.69, 9.17) is 5.73 Å². The zero-order chi connectivity index (χ0) is 12.3. The highest BCUT2D eigenvalue weighted by atomic mass is 32.1. The van der Waals surface area contributed by atoms with Crippen molar-refractivity contribution in [2.45, 2.75) is 51.6 Å². The van der Waals surface area contributed by atoms with Crippen LogP contribution in [0.15, 0.2) is 12.1 Å². The van der Waals surface area contributed by atoms with Gasteiger partial charge in [-0.3, -0.25) is 0 Å². The molecular formula is C14H23NOS. The maximum absolute atomic E-state index is 10.6. The monoisotopic (exact) mass is 253 g/mol. The second kappa shape index (κ2) is 5.51. The van der Waals surface area contributed by atoms with Gasteiger partial charge in [-0.15, -0.1) is 11.3 Å². The molecule has 0 radical (unpaired) electrons. The molecule has 96 valence electrons. The highest BCUT2D eigenvalue weighted by molar-refractivity contribution is 7.12. The molecule has 0 aliphatic heterocycles. The number of aliphatic hydroxyl groups excluding tert-OH is 1. The van der Waals surface area contributed by atoms with Crippen molar-refractivity contribution in [1.82, 2.24) is 0 Å². The van der Waals surface area contributed by atoms with Crippen LogP contribution in [0.25, 0.3) is 0 Å². The van der Waals surface area contributed by atoms with Gasteiger partial charge in [-0.1, -0.05) is 26.2 Å². The van der Waals surface area contributed by atoms with Crippen LogP contribution in [-0.4, -0.2) is 11.7 Å². The molecule has 1 aromatic heterocycles. The molecule has 3 N–H and O–H groups in total. The number of rotatable bonds is 4. The molecule has 1 aliphatic carbocycles. The number of aryl methyl sites for hydroxylation is 1. The van der Waals surface area contributed by atoms with Crippen molar-refractivity contribution in [2.24, 2.45) is 11.1 Å². The van der Waals surface area contributed by atoms with Crippen LogP contribution in [0.2, 0.25) is 0 Å². The molecule has 1 saturated carbocycles. The molecule has 0 aromatic carbocycles. The van der Waals surface area contributed by atoms with Gasteiger partial charge in [0.25, 0.3) is 0 Å². The van der Waals surface area contributed by atoms with E-state index in [0.717, 1.165) is 24.1 Å². The molecule has 2 nitrogen and oxygen atoms in total. The molecule has 1 atom stereocenters. The van der Waals surface area contributed by atoms with E-state index in [2.05, 4.69) is 19.1 Å². The van der Waals surface area contributed by atoms with Crippen molar-refractivity contribution in [2.75, 3.05) is 6.54 Å². The molecule has 1 aromatic rings. The largest absolute Gasteiger partial charge is 0.387 e. The molecule has 0 bridgehead atoms. The Kier molecular flexibility index (Phi) is 4.23. The van der Waals surface area contributed by atoms with Crippen molar-refractivity contribution >= 4 is 11.3 Å².